The Morgan fingerprint density at radius 1 is 0.436 bits per heavy atom. The van der Waals surface area contributed by atoms with Gasteiger partial charge >= 0.3 is 17.9 Å². The third kappa shape index (κ3) is 23.6. The second-order valence-corrected chi connectivity index (χ2v) is 19.7. The summed E-state index contributed by atoms with van der Waals surface area (Å²) in [4.78, 5) is 69.4. The molecule has 26 heteroatoms. The number of ether oxygens (including phenoxy) is 2. The van der Waals surface area contributed by atoms with E-state index in [0.29, 0.717) is 51.8 Å². The van der Waals surface area contributed by atoms with Crippen molar-refractivity contribution in [2.24, 2.45) is 5.73 Å². The molecule has 16 N–H and O–H groups in total. The SMILES string of the molecule is COC(=O)[C@@H](N)[C@](C)(O)C(F)F.COC(=O)[C@@H](NC(=O)c1ccc(C#CC#Cc2ccccc2N)cc1)[C@](C)(O)C(F)F.C[C@@](O)(C(F)F)[C@H](NC(=O)c1ccc(C#CC#Cc2ccccc2N)cc1)C(=O)NO.Nc1ccccc1C#CC#Cc1ccc(C(=O)O)cc1. The molecule has 0 aromatic heterocycles. The lowest BCUT2D eigenvalue weighted by Gasteiger charge is -2.30. The summed E-state index contributed by atoms with van der Waals surface area (Å²) >= 11 is 0. The van der Waals surface area contributed by atoms with Crippen LogP contribution in [0, 0.1) is 71.0 Å². The Balaban J connectivity index is 0.000000344. The number of nitrogen functional groups attached to an aromatic ring is 3. The van der Waals surface area contributed by atoms with Crippen molar-refractivity contribution in [1.82, 2.24) is 16.1 Å². The zero-order valence-corrected chi connectivity index (χ0v) is 50.4. The molecule has 20 nitrogen and oxygen atoms in total. The lowest BCUT2D eigenvalue weighted by Crippen LogP contribution is -2.61. The van der Waals surface area contributed by atoms with E-state index in [9.17, 15) is 65.3 Å². The summed E-state index contributed by atoms with van der Waals surface area (Å²) in [5.41, 5.74) is 21.1. The van der Waals surface area contributed by atoms with Crippen LogP contribution in [0.1, 0.15) is 85.2 Å². The van der Waals surface area contributed by atoms with Gasteiger partial charge in [-0.05, 0) is 165 Å². The molecule has 0 fully saturated rings. The third-order valence-electron chi connectivity index (χ3n) is 12.6. The Hall–Kier alpha value is -11.7. The molecule has 0 aliphatic carbocycles. The predicted molar refractivity (Wildman–Crippen MR) is 334 cm³/mol. The number of hydroxylamine groups is 1. The van der Waals surface area contributed by atoms with Crippen LogP contribution in [0.2, 0.25) is 0 Å². The summed E-state index contributed by atoms with van der Waals surface area (Å²) in [6.07, 6.45) is -9.74. The molecular formula is C68H61F6N7O13. The van der Waals surface area contributed by atoms with Gasteiger partial charge in [-0.2, -0.15) is 0 Å². The molecule has 6 aromatic rings. The largest absolute Gasteiger partial charge is 0.478 e. The number of amides is 3. The number of carboxylic acids is 1. The number of nitrogens with two attached hydrogens (primary N) is 4. The van der Waals surface area contributed by atoms with Gasteiger partial charge in [-0.3, -0.25) is 24.4 Å². The first-order chi connectivity index (χ1) is 44.3. The number of methoxy groups -OCH3 is 2. The van der Waals surface area contributed by atoms with Crippen LogP contribution in [-0.2, 0) is 23.9 Å². The van der Waals surface area contributed by atoms with E-state index in [0.717, 1.165) is 39.1 Å². The first-order valence-corrected chi connectivity index (χ1v) is 26.9. The number of alkyl halides is 6. The predicted octanol–water partition coefficient (Wildman–Crippen LogP) is 5.12. The minimum atomic E-state index is -3.36. The Bertz CT molecular complexity index is 3870. The van der Waals surface area contributed by atoms with Crippen molar-refractivity contribution in [3.05, 3.63) is 196 Å². The molecule has 488 valence electrons. The Morgan fingerprint density at radius 2 is 0.723 bits per heavy atom. The van der Waals surface area contributed by atoms with Crippen LogP contribution in [-0.4, -0.2) is 130 Å². The number of halogens is 6. The monoisotopic (exact) mass is 1300 g/mol. The highest BCUT2D eigenvalue weighted by atomic mass is 19.3. The van der Waals surface area contributed by atoms with E-state index in [4.69, 9.17) is 38.4 Å². The molecule has 0 saturated carbocycles. The van der Waals surface area contributed by atoms with Crippen molar-refractivity contribution in [1.29, 1.82) is 0 Å². The molecule has 0 aliphatic rings. The smallest absolute Gasteiger partial charge is 0.335 e. The van der Waals surface area contributed by atoms with Gasteiger partial charge in [0.2, 0.25) is 0 Å². The van der Waals surface area contributed by atoms with E-state index >= 15 is 0 Å². The number of rotatable bonds is 14. The topological polar surface area (TPSA) is 362 Å². The number of hydrogen-bond donors (Lipinski definition) is 12. The number of hydrogen-bond acceptors (Lipinski definition) is 16. The minimum absolute atomic E-state index is 0.0227. The second kappa shape index (κ2) is 36.8. The molecule has 6 aromatic carbocycles. The van der Waals surface area contributed by atoms with Gasteiger partial charge < -0.3 is 63.5 Å². The van der Waals surface area contributed by atoms with E-state index in [1.54, 1.807) is 60.7 Å². The van der Waals surface area contributed by atoms with Crippen molar-refractivity contribution in [2.75, 3.05) is 31.4 Å². The molecule has 0 unspecified atom stereocenters. The van der Waals surface area contributed by atoms with Crippen LogP contribution in [0.4, 0.5) is 43.4 Å². The lowest BCUT2D eigenvalue weighted by molar-refractivity contribution is -0.160. The standard InChI is InChI=1S/C23H20F2N2O4.C22H19F2N3O4.C17H11NO2.C6H11F2NO3/c1-23(30,22(24)25)19(21(29)31-2)27-20(28)17-13-11-15(12-14-17)7-3-4-8-16-9-5-6-10-18(16)26;1-22(30,21(23)24)18(20(29)27-31)26-19(28)16-12-10-14(11-13-16)6-2-3-7-15-8-4-5-9-17(15)25;18-16-8-4-3-7-14(16)6-2-1-5-13-9-11-15(12-10-13)17(19)20;1-6(11,5(7)8)3(9)4(10)12-2/h5-6,9-14,19,22,30H,26H2,1-2H3,(H,27,28);4-5,8-13,18,21,30-31H,25H2,1H3,(H,26,28)(H,27,29);3-4,7-12H,18H2,(H,19,20);3,5,11H,9H2,1-2H3/t19-,23+;18-,22+;;3-,6+/m11.1/s1. The van der Waals surface area contributed by atoms with Crippen LogP contribution < -0.4 is 39.0 Å². The number of aromatic carboxylic acids is 1. The van der Waals surface area contributed by atoms with Crippen LogP contribution in [0.3, 0.4) is 0 Å². The van der Waals surface area contributed by atoms with E-state index in [1.165, 1.54) is 60.7 Å². The first-order valence-electron chi connectivity index (χ1n) is 26.9. The average molecular weight is 1300 g/mol. The van der Waals surface area contributed by atoms with Crippen molar-refractivity contribution < 1.29 is 90.2 Å². The molecule has 0 bridgehead atoms. The number of benzene rings is 6. The zero-order valence-electron chi connectivity index (χ0n) is 50.4. The Labute approximate surface area is 536 Å². The molecule has 3 amide bonds. The van der Waals surface area contributed by atoms with E-state index in [1.807, 2.05) is 29.6 Å². The van der Waals surface area contributed by atoms with E-state index in [2.05, 4.69) is 85.8 Å². The van der Waals surface area contributed by atoms with Gasteiger partial charge in [0.1, 0.15) is 17.7 Å². The summed E-state index contributed by atoms with van der Waals surface area (Å²) in [5.74, 6) is 26.7. The maximum absolute atomic E-state index is 13.1. The number of anilines is 3. The number of carbonyl (C=O) groups excluding carboxylic acids is 5. The number of carboxylic acid groups (broad SMARTS) is 1. The molecule has 6 rings (SSSR count). The van der Waals surface area contributed by atoms with Crippen molar-refractivity contribution in [2.45, 2.75) is 75.0 Å². The van der Waals surface area contributed by atoms with Crippen molar-refractivity contribution in [3.63, 3.8) is 0 Å². The third-order valence-corrected chi connectivity index (χ3v) is 12.6. The van der Waals surface area contributed by atoms with Gasteiger partial charge in [-0.15, -0.1) is 0 Å². The van der Waals surface area contributed by atoms with E-state index in [-0.39, 0.29) is 16.7 Å². The molecule has 0 radical (unpaired) electrons. The average Bonchev–Trinajstić information content (AvgIpc) is 1.03. The number of para-hydroxylation sites is 3. The van der Waals surface area contributed by atoms with E-state index < -0.39 is 89.8 Å². The summed E-state index contributed by atoms with van der Waals surface area (Å²) in [7, 11) is 1.97. The van der Waals surface area contributed by atoms with Gasteiger partial charge in [0.25, 0.3) is 37.0 Å². The lowest BCUT2D eigenvalue weighted by atomic mass is 9.95. The van der Waals surface area contributed by atoms with Gasteiger partial charge in [0.15, 0.2) is 17.2 Å². The van der Waals surface area contributed by atoms with Gasteiger partial charge in [0.05, 0.1) is 19.8 Å². The van der Waals surface area contributed by atoms with Gasteiger partial charge in [-0.1, -0.05) is 71.9 Å². The first kappa shape index (κ1) is 76.5. The molecule has 0 heterocycles. The fourth-order valence-electron chi connectivity index (χ4n) is 6.83. The minimum Gasteiger partial charge on any atom is -0.478 e. The van der Waals surface area contributed by atoms with Gasteiger partial charge in [0, 0.05) is 61.6 Å². The molecule has 0 spiro atoms. The van der Waals surface area contributed by atoms with Crippen LogP contribution in [0.25, 0.3) is 0 Å². The maximum atomic E-state index is 13.1. The Morgan fingerprint density at radius 3 is 1.01 bits per heavy atom. The zero-order chi connectivity index (χ0) is 70.3. The molecular weight excluding hydrogens is 1240 g/mol. The molecule has 94 heavy (non-hydrogen) atoms. The van der Waals surface area contributed by atoms with Crippen LogP contribution >= 0.6 is 0 Å². The molecule has 0 aliphatic heterocycles. The maximum Gasteiger partial charge on any atom is 0.335 e. The van der Waals surface area contributed by atoms with Crippen molar-refractivity contribution >= 4 is 52.7 Å². The normalized spacial score (nSPS) is 12.8. The van der Waals surface area contributed by atoms with Crippen LogP contribution in [0.5, 0.6) is 0 Å². The highest BCUT2D eigenvalue weighted by Crippen LogP contribution is 2.23. The highest BCUT2D eigenvalue weighted by Gasteiger charge is 2.48. The highest BCUT2D eigenvalue weighted by molar-refractivity contribution is 5.98. The quantitative estimate of drug-likeness (QED) is 0.0168. The van der Waals surface area contributed by atoms with Crippen LogP contribution in [0.15, 0.2) is 146 Å². The number of esters is 2. The number of aliphatic hydroxyl groups is 3. The second-order valence-electron chi connectivity index (χ2n) is 19.7. The molecule has 0 saturated heterocycles. The number of nitrogens with one attached hydrogen (secondary N) is 3. The van der Waals surface area contributed by atoms with Crippen molar-refractivity contribution in [3.8, 4) is 71.0 Å². The number of carbonyl (C=O) groups is 6. The molecule has 6 atom stereocenters. The van der Waals surface area contributed by atoms with Gasteiger partial charge in [-0.25, -0.2) is 41.4 Å². The summed E-state index contributed by atoms with van der Waals surface area (Å²) in [6.45, 7) is 2.18. The summed E-state index contributed by atoms with van der Waals surface area (Å²) in [5, 5.41) is 50.3. The summed E-state index contributed by atoms with van der Waals surface area (Å²) in [6, 6.07) is 33.5. The Kier molecular flexibility index (Phi) is 30.0. The fourth-order valence-corrected chi connectivity index (χ4v) is 6.83. The fraction of sp³-hybridized carbons (Fsp3) is 0.206. The summed E-state index contributed by atoms with van der Waals surface area (Å²) < 4.78 is 84.8.